The quantitative estimate of drug-likeness (QED) is 0.756. The lowest BCUT2D eigenvalue weighted by atomic mass is 10.0. The number of aryl methyl sites for hydroxylation is 1. The zero-order valence-corrected chi connectivity index (χ0v) is 13.7. The Morgan fingerprint density at radius 3 is 2.61 bits per heavy atom. The van der Waals surface area contributed by atoms with E-state index in [0.29, 0.717) is 5.69 Å². The summed E-state index contributed by atoms with van der Waals surface area (Å²) in [6.07, 6.45) is 0.229. The van der Waals surface area contributed by atoms with Crippen molar-refractivity contribution in [1.82, 2.24) is 15.1 Å². The Bertz CT molecular complexity index is 715. The summed E-state index contributed by atoms with van der Waals surface area (Å²) in [6.45, 7) is 6.02. The summed E-state index contributed by atoms with van der Waals surface area (Å²) < 4.78 is 1.32. The van der Waals surface area contributed by atoms with Crippen molar-refractivity contribution in [1.29, 1.82) is 0 Å². The maximum atomic E-state index is 12.1. The fourth-order valence-corrected chi connectivity index (χ4v) is 2.16. The van der Waals surface area contributed by atoms with Gasteiger partial charge in [-0.25, -0.2) is 4.68 Å². The highest BCUT2D eigenvalue weighted by atomic mass is 16.3. The lowest BCUT2D eigenvalue weighted by Gasteiger charge is -2.17. The van der Waals surface area contributed by atoms with Crippen LogP contribution in [0.2, 0.25) is 0 Å². The highest BCUT2D eigenvalue weighted by Gasteiger charge is 2.16. The number of aliphatic hydroxyl groups excluding tert-OH is 1. The van der Waals surface area contributed by atoms with Crippen LogP contribution in [0.15, 0.2) is 35.1 Å². The highest BCUT2D eigenvalue weighted by Crippen LogP contribution is 2.08. The van der Waals surface area contributed by atoms with Crippen molar-refractivity contribution in [3.8, 4) is 5.69 Å². The average molecular weight is 317 g/mol. The Hall–Kier alpha value is -2.34. The van der Waals surface area contributed by atoms with Crippen molar-refractivity contribution in [2.45, 2.75) is 33.3 Å². The number of hydrogen-bond donors (Lipinski definition) is 3. The molecule has 6 nitrogen and oxygen atoms in total. The number of H-pyrrole nitrogens is 1. The van der Waals surface area contributed by atoms with Crippen molar-refractivity contribution in [2.24, 2.45) is 5.92 Å². The Labute approximate surface area is 135 Å². The molecule has 3 N–H and O–H groups in total. The van der Waals surface area contributed by atoms with Gasteiger partial charge in [0.1, 0.15) is 5.69 Å². The summed E-state index contributed by atoms with van der Waals surface area (Å²) >= 11 is 0. The van der Waals surface area contributed by atoms with Gasteiger partial charge in [-0.15, -0.1) is 0 Å². The Kier molecular flexibility index (Phi) is 5.39. The summed E-state index contributed by atoms with van der Waals surface area (Å²) in [4.78, 5) is 24.1. The maximum Gasteiger partial charge on any atom is 0.271 e. The van der Waals surface area contributed by atoms with E-state index in [-0.39, 0.29) is 23.7 Å². The molecule has 0 aliphatic heterocycles. The SMILES string of the molecule is CCC(C)C(O)CNC(=O)c1cc(=O)n(-c2ccc(C)cc2)[nH]1. The molecule has 0 saturated heterocycles. The van der Waals surface area contributed by atoms with E-state index in [1.54, 1.807) is 0 Å². The zero-order valence-electron chi connectivity index (χ0n) is 13.7. The summed E-state index contributed by atoms with van der Waals surface area (Å²) in [5, 5.41) is 15.3. The normalized spacial score (nSPS) is 13.6. The second kappa shape index (κ2) is 7.28. The van der Waals surface area contributed by atoms with Crippen LogP contribution in [0.25, 0.3) is 5.69 Å². The molecule has 0 radical (unpaired) electrons. The first kappa shape index (κ1) is 17.0. The minimum atomic E-state index is -0.602. The first-order valence-corrected chi connectivity index (χ1v) is 7.77. The van der Waals surface area contributed by atoms with E-state index in [1.165, 1.54) is 10.7 Å². The second-order valence-corrected chi connectivity index (χ2v) is 5.84. The summed E-state index contributed by atoms with van der Waals surface area (Å²) in [6, 6.07) is 8.66. The van der Waals surface area contributed by atoms with Crippen molar-refractivity contribution < 1.29 is 9.90 Å². The molecule has 0 aliphatic rings. The topological polar surface area (TPSA) is 87.1 Å². The van der Waals surface area contributed by atoms with E-state index in [9.17, 15) is 14.7 Å². The van der Waals surface area contributed by atoms with E-state index in [4.69, 9.17) is 0 Å². The molecule has 0 spiro atoms. The standard InChI is InChI=1S/C17H23N3O3/c1-4-12(3)15(21)10-18-17(23)14-9-16(22)20(19-14)13-7-5-11(2)6-8-13/h5-9,12,15,19,21H,4,10H2,1-3H3,(H,18,23). The fraction of sp³-hybridized carbons (Fsp3) is 0.412. The van der Waals surface area contributed by atoms with Crippen LogP contribution in [0.3, 0.4) is 0 Å². The maximum absolute atomic E-state index is 12.1. The van der Waals surface area contributed by atoms with Crippen molar-refractivity contribution >= 4 is 5.91 Å². The molecule has 2 aromatic rings. The summed E-state index contributed by atoms with van der Waals surface area (Å²) in [7, 11) is 0. The van der Waals surface area contributed by atoms with Gasteiger partial charge in [-0.2, -0.15) is 0 Å². The molecule has 1 amide bonds. The van der Waals surface area contributed by atoms with Crippen LogP contribution in [-0.2, 0) is 0 Å². The molecular formula is C17H23N3O3. The number of carbonyl (C=O) groups excluding carboxylic acids is 1. The van der Waals surface area contributed by atoms with E-state index in [2.05, 4.69) is 10.4 Å². The number of carbonyl (C=O) groups is 1. The molecule has 2 atom stereocenters. The number of aromatic nitrogens is 2. The van der Waals surface area contributed by atoms with Crippen LogP contribution < -0.4 is 10.9 Å². The third kappa shape index (κ3) is 4.10. The largest absolute Gasteiger partial charge is 0.391 e. The monoisotopic (exact) mass is 317 g/mol. The van der Waals surface area contributed by atoms with Gasteiger partial charge in [0.25, 0.3) is 11.5 Å². The number of amides is 1. The smallest absolute Gasteiger partial charge is 0.271 e. The lowest BCUT2D eigenvalue weighted by Crippen LogP contribution is -2.35. The van der Waals surface area contributed by atoms with Crippen molar-refractivity contribution in [2.75, 3.05) is 6.54 Å². The van der Waals surface area contributed by atoms with Crippen LogP contribution in [0.4, 0.5) is 0 Å². The first-order valence-electron chi connectivity index (χ1n) is 7.77. The molecule has 2 rings (SSSR count). The Morgan fingerprint density at radius 1 is 1.35 bits per heavy atom. The molecule has 1 aromatic carbocycles. The number of aromatic amines is 1. The van der Waals surface area contributed by atoms with Crippen LogP contribution >= 0.6 is 0 Å². The van der Waals surface area contributed by atoms with Gasteiger partial charge in [0.2, 0.25) is 0 Å². The lowest BCUT2D eigenvalue weighted by molar-refractivity contribution is 0.0845. The van der Waals surface area contributed by atoms with Gasteiger partial charge in [0, 0.05) is 12.6 Å². The van der Waals surface area contributed by atoms with Gasteiger partial charge in [0.05, 0.1) is 11.8 Å². The minimum absolute atomic E-state index is 0.103. The molecule has 0 fully saturated rings. The minimum Gasteiger partial charge on any atom is -0.391 e. The first-order chi connectivity index (χ1) is 10.9. The highest BCUT2D eigenvalue weighted by molar-refractivity contribution is 5.92. The van der Waals surface area contributed by atoms with Gasteiger partial charge in [-0.05, 0) is 25.0 Å². The van der Waals surface area contributed by atoms with Gasteiger partial charge in [-0.3, -0.25) is 14.7 Å². The molecular weight excluding hydrogens is 294 g/mol. The third-order valence-electron chi connectivity index (χ3n) is 4.03. The van der Waals surface area contributed by atoms with Crippen molar-refractivity contribution in [3.05, 3.63) is 51.9 Å². The predicted octanol–water partition coefficient (Wildman–Crippen LogP) is 1.61. The number of benzene rings is 1. The van der Waals surface area contributed by atoms with E-state index in [0.717, 1.165) is 12.0 Å². The number of nitrogens with zero attached hydrogens (tertiary/aromatic N) is 1. The molecule has 1 aromatic heterocycles. The van der Waals surface area contributed by atoms with Crippen molar-refractivity contribution in [3.63, 3.8) is 0 Å². The zero-order chi connectivity index (χ0) is 17.0. The molecule has 6 heteroatoms. The Balaban J connectivity index is 2.10. The number of hydrogen-bond acceptors (Lipinski definition) is 3. The van der Waals surface area contributed by atoms with Crippen LogP contribution in [-0.4, -0.2) is 33.4 Å². The predicted molar refractivity (Wildman–Crippen MR) is 88.9 cm³/mol. The van der Waals surface area contributed by atoms with Gasteiger partial charge in [-0.1, -0.05) is 38.0 Å². The van der Waals surface area contributed by atoms with E-state index >= 15 is 0 Å². The summed E-state index contributed by atoms with van der Waals surface area (Å²) in [5.41, 5.74) is 1.62. The number of aliphatic hydroxyl groups is 1. The molecule has 1 heterocycles. The molecule has 2 unspecified atom stereocenters. The van der Waals surface area contributed by atoms with Gasteiger partial charge >= 0.3 is 0 Å². The second-order valence-electron chi connectivity index (χ2n) is 5.84. The molecule has 0 bridgehead atoms. The summed E-state index contributed by atoms with van der Waals surface area (Å²) in [5.74, 6) is -0.304. The van der Waals surface area contributed by atoms with Crippen LogP contribution in [0.1, 0.15) is 36.3 Å². The van der Waals surface area contributed by atoms with Crippen LogP contribution in [0.5, 0.6) is 0 Å². The average Bonchev–Trinajstić information content (AvgIpc) is 2.94. The van der Waals surface area contributed by atoms with Gasteiger partial charge < -0.3 is 10.4 Å². The molecule has 0 saturated carbocycles. The number of nitrogens with one attached hydrogen (secondary N) is 2. The van der Waals surface area contributed by atoms with E-state index < -0.39 is 12.0 Å². The Morgan fingerprint density at radius 2 is 2.00 bits per heavy atom. The molecule has 124 valence electrons. The third-order valence-corrected chi connectivity index (χ3v) is 4.03. The molecule has 23 heavy (non-hydrogen) atoms. The fourth-order valence-electron chi connectivity index (χ4n) is 2.16. The van der Waals surface area contributed by atoms with Crippen LogP contribution in [0, 0.1) is 12.8 Å². The van der Waals surface area contributed by atoms with E-state index in [1.807, 2.05) is 45.0 Å². The molecule has 0 aliphatic carbocycles. The number of rotatable bonds is 6. The van der Waals surface area contributed by atoms with Gasteiger partial charge in [0.15, 0.2) is 0 Å².